The molecule has 5 nitrogen and oxygen atoms in total. The number of aliphatic imine (C=N–C) groups is 1. The van der Waals surface area contributed by atoms with Gasteiger partial charge in [-0.2, -0.15) is 4.98 Å². The van der Waals surface area contributed by atoms with Gasteiger partial charge in [0.1, 0.15) is 0 Å². The molecule has 1 aliphatic heterocycles. The second-order valence-electron chi connectivity index (χ2n) is 3.75. The lowest BCUT2D eigenvalue weighted by Gasteiger charge is -2.11. The largest absolute Gasteiger partial charge is 0.357 e. The number of hydrogen-bond acceptors (Lipinski definition) is 6. The van der Waals surface area contributed by atoms with E-state index >= 15 is 0 Å². The van der Waals surface area contributed by atoms with E-state index in [2.05, 4.69) is 38.8 Å². The average molecular weight is 226 g/mol. The molecule has 0 aliphatic carbocycles. The number of nitrogens with one attached hydrogen (secondary N) is 1. The number of rotatable bonds is 3. The third-order valence-electron chi connectivity index (χ3n) is 2.23. The van der Waals surface area contributed by atoms with Gasteiger partial charge in [-0.3, -0.25) is 4.99 Å². The summed E-state index contributed by atoms with van der Waals surface area (Å²) in [5, 5.41) is 8.50. The summed E-state index contributed by atoms with van der Waals surface area (Å²) in [6.45, 7) is 5.91. The Balaban J connectivity index is 1.78. The van der Waals surface area contributed by atoms with Crippen LogP contribution in [0.25, 0.3) is 0 Å². The number of aromatic nitrogens is 2. The molecular formula is C9H14N4OS. The quantitative estimate of drug-likeness (QED) is 0.841. The van der Waals surface area contributed by atoms with Crippen molar-refractivity contribution in [1.82, 2.24) is 15.5 Å². The molecule has 6 heteroatoms. The molecule has 82 valence electrons. The second kappa shape index (κ2) is 4.65. The van der Waals surface area contributed by atoms with Crippen molar-refractivity contribution in [2.45, 2.75) is 25.6 Å². The molecule has 0 amide bonds. The fraction of sp³-hybridized carbons (Fsp3) is 0.667. The lowest BCUT2D eigenvalue weighted by Crippen LogP contribution is -2.20. The lowest BCUT2D eigenvalue weighted by atomic mass is 10.1. The van der Waals surface area contributed by atoms with Gasteiger partial charge in [-0.25, -0.2) is 0 Å². The van der Waals surface area contributed by atoms with E-state index in [1.807, 2.05) is 0 Å². The average Bonchev–Trinajstić information content (AvgIpc) is 2.86. The lowest BCUT2D eigenvalue weighted by molar-refractivity contribution is 0.409. The van der Waals surface area contributed by atoms with Gasteiger partial charge in [0.2, 0.25) is 6.39 Å². The zero-order valence-electron chi connectivity index (χ0n) is 8.80. The van der Waals surface area contributed by atoms with Crippen LogP contribution in [0.5, 0.6) is 0 Å². The summed E-state index contributed by atoms with van der Waals surface area (Å²) in [4.78, 5) is 8.35. The highest BCUT2D eigenvalue weighted by Gasteiger charge is 2.22. The topological polar surface area (TPSA) is 63.3 Å². The first-order valence-electron chi connectivity index (χ1n) is 4.96. The summed E-state index contributed by atoms with van der Waals surface area (Å²) in [5.41, 5.74) is 0. The molecule has 1 unspecified atom stereocenters. The van der Waals surface area contributed by atoms with E-state index in [0.29, 0.717) is 23.5 Å². The predicted octanol–water partition coefficient (Wildman–Crippen LogP) is 1.29. The maximum Gasteiger partial charge on any atom is 0.213 e. The van der Waals surface area contributed by atoms with Crippen LogP contribution in [0.15, 0.2) is 15.9 Å². The summed E-state index contributed by atoms with van der Waals surface area (Å²) in [6.07, 6.45) is 1.33. The van der Waals surface area contributed by atoms with Crippen molar-refractivity contribution in [3.05, 3.63) is 12.2 Å². The van der Waals surface area contributed by atoms with Crippen molar-refractivity contribution in [2.75, 3.05) is 6.54 Å². The number of thioether (sulfide) groups is 1. The van der Waals surface area contributed by atoms with E-state index in [1.165, 1.54) is 6.39 Å². The number of nitrogens with zero attached hydrogens (tertiary/aromatic N) is 3. The first-order valence-corrected chi connectivity index (χ1v) is 5.84. The third-order valence-corrected chi connectivity index (χ3v) is 3.72. The Morgan fingerprint density at radius 2 is 2.53 bits per heavy atom. The first kappa shape index (κ1) is 10.5. The SMILES string of the molecule is CC(C)C1CN=C(NCc2ncon2)S1. The van der Waals surface area contributed by atoms with Crippen LogP contribution in [0.3, 0.4) is 0 Å². The van der Waals surface area contributed by atoms with Gasteiger partial charge in [-0.05, 0) is 5.92 Å². The monoisotopic (exact) mass is 226 g/mol. The molecule has 1 aromatic rings. The fourth-order valence-corrected chi connectivity index (χ4v) is 2.27. The van der Waals surface area contributed by atoms with Crippen LogP contribution in [0.2, 0.25) is 0 Å². The van der Waals surface area contributed by atoms with Gasteiger partial charge in [-0.1, -0.05) is 30.8 Å². The molecule has 2 rings (SSSR count). The van der Waals surface area contributed by atoms with E-state index in [4.69, 9.17) is 0 Å². The van der Waals surface area contributed by atoms with Gasteiger partial charge in [-0.15, -0.1) is 0 Å². The summed E-state index contributed by atoms with van der Waals surface area (Å²) < 4.78 is 4.64. The minimum atomic E-state index is 0.577. The highest BCUT2D eigenvalue weighted by Crippen LogP contribution is 2.25. The molecule has 1 N–H and O–H groups in total. The number of hydrogen-bond donors (Lipinski definition) is 1. The molecule has 0 saturated carbocycles. The molecule has 15 heavy (non-hydrogen) atoms. The Labute approximate surface area is 92.7 Å². The zero-order chi connectivity index (χ0) is 10.7. The van der Waals surface area contributed by atoms with E-state index in [9.17, 15) is 0 Å². The van der Waals surface area contributed by atoms with E-state index in [0.717, 1.165) is 11.7 Å². The zero-order valence-corrected chi connectivity index (χ0v) is 9.62. The molecule has 0 radical (unpaired) electrons. The Bertz CT molecular complexity index is 336. The van der Waals surface area contributed by atoms with Crippen LogP contribution in [-0.2, 0) is 6.54 Å². The van der Waals surface area contributed by atoms with Crippen molar-refractivity contribution in [2.24, 2.45) is 10.9 Å². The molecule has 0 aromatic carbocycles. The van der Waals surface area contributed by atoms with Crippen LogP contribution in [0, 0.1) is 5.92 Å². The van der Waals surface area contributed by atoms with Gasteiger partial charge in [0.05, 0.1) is 13.1 Å². The van der Waals surface area contributed by atoms with Crippen molar-refractivity contribution < 1.29 is 4.52 Å². The molecule has 0 fully saturated rings. The maximum atomic E-state index is 4.64. The van der Waals surface area contributed by atoms with E-state index in [-0.39, 0.29) is 0 Å². The van der Waals surface area contributed by atoms with Gasteiger partial charge < -0.3 is 9.84 Å². The third kappa shape index (κ3) is 2.71. The molecule has 1 atom stereocenters. The Hall–Kier alpha value is -1.04. The van der Waals surface area contributed by atoms with Crippen molar-refractivity contribution in [3.8, 4) is 0 Å². The standard InChI is InChI=1S/C9H14N4OS/c1-6(2)7-3-10-9(15-7)11-4-8-12-5-14-13-8/h5-7H,3-4H2,1-2H3,(H,10,11). The molecule has 0 spiro atoms. The van der Waals surface area contributed by atoms with Crippen LogP contribution in [0.4, 0.5) is 0 Å². The van der Waals surface area contributed by atoms with E-state index < -0.39 is 0 Å². The van der Waals surface area contributed by atoms with Gasteiger partial charge >= 0.3 is 0 Å². The van der Waals surface area contributed by atoms with Gasteiger partial charge in [0.25, 0.3) is 0 Å². The van der Waals surface area contributed by atoms with E-state index in [1.54, 1.807) is 11.8 Å². The smallest absolute Gasteiger partial charge is 0.213 e. The Morgan fingerprint density at radius 3 is 3.13 bits per heavy atom. The summed E-state index contributed by atoms with van der Waals surface area (Å²) in [6, 6.07) is 0. The summed E-state index contributed by atoms with van der Waals surface area (Å²) in [5.74, 6) is 1.31. The highest BCUT2D eigenvalue weighted by molar-refractivity contribution is 8.14. The van der Waals surface area contributed by atoms with Gasteiger partial charge in [0.15, 0.2) is 11.0 Å². The first-order chi connectivity index (χ1) is 7.25. The minimum absolute atomic E-state index is 0.577. The fourth-order valence-electron chi connectivity index (χ4n) is 1.26. The summed E-state index contributed by atoms with van der Waals surface area (Å²) >= 11 is 1.79. The number of amidine groups is 1. The molecular weight excluding hydrogens is 212 g/mol. The predicted molar refractivity (Wildman–Crippen MR) is 59.7 cm³/mol. The second-order valence-corrected chi connectivity index (χ2v) is 4.98. The van der Waals surface area contributed by atoms with Crippen LogP contribution in [-0.4, -0.2) is 27.1 Å². The normalized spacial score (nSPS) is 20.7. The molecule has 0 bridgehead atoms. The minimum Gasteiger partial charge on any atom is -0.357 e. The Morgan fingerprint density at radius 1 is 1.67 bits per heavy atom. The highest BCUT2D eigenvalue weighted by atomic mass is 32.2. The summed E-state index contributed by atoms with van der Waals surface area (Å²) in [7, 11) is 0. The molecule has 0 saturated heterocycles. The van der Waals surface area contributed by atoms with Crippen molar-refractivity contribution in [1.29, 1.82) is 0 Å². The molecule has 1 aliphatic rings. The Kier molecular flexibility index (Phi) is 3.25. The van der Waals surface area contributed by atoms with Crippen LogP contribution >= 0.6 is 11.8 Å². The molecule has 2 heterocycles. The maximum absolute atomic E-state index is 4.64. The van der Waals surface area contributed by atoms with Crippen LogP contribution in [0.1, 0.15) is 19.7 Å². The van der Waals surface area contributed by atoms with Crippen molar-refractivity contribution >= 4 is 16.9 Å². The molecule has 1 aromatic heterocycles. The van der Waals surface area contributed by atoms with Crippen molar-refractivity contribution in [3.63, 3.8) is 0 Å². The van der Waals surface area contributed by atoms with Gasteiger partial charge in [0, 0.05) is 5.25 Å². The van der Waals surface area contributed by atoms with Crippen LogP contribution < -0.4 is 5.32 Å².